The first-order valence-corrected chi connectivity index (χ1v) is 6.34. The largest absolute Gasteiger partial charge is 0.491 e. The molecule has 0 N–H and O–H groups in total. The molecule has 2 aromatic rings. The van der Waals surface area contributed by atoms with Gasteiger partial charge in [0.2, 0.25) is 0 Å². The van der Waals surface area contributed by atoms with Crippen LogP contribution in [0.5, 0.6) is 5.75 Å². The lowest BCUT2D eigenvalue weighted by Gasteiger charge is -2.09. The minimum absolute atomic E-state index is 0.231. The van der Waals surface area contributed by atoms with Crippen molar-refractivity contribution in [2.24, 2.45) is 0 Å². The lowest BCUT2D eigenvalue weighted by molar-refractivity contribution is 0.0883. The van der Waals surface area contributed by atoms with E-state index in [9.17, 15) is 4.39 Å². The van der Waals surface area contributed by atoms with Gasteiger partial charge in [0, 0.05) is 10.8 Å². The summed E-state index contributed by atoms with van der Waals surface area (Å²) in [7, 11) is 0. The first-order valence-electron chi connectivity index (χ1n) is 6.34. The van der Waals surface area contributed by atoms with Crippen LogP contribution in [0.3, 0.4) is 0 Å². The van der Waals surface area contributed by atoms with E-state index in [1.54, 1.807) is 18.2 Å². The number of fused-ring (bicyclic) bond motifs is 1. The molecule has 0 spiro atoms. The molecular formula is C15H15FO3. The minimum Gasteiger partial charge on any atom is -0.491 e. The number of hydrogen-bond acceptors (Lipinski definition) is 3. The van der Waals surface area contributed by atoms with Crippen molar-refractivity contribution in [3.63, 3.8) is 0 Å². The van der Waals surface area contributed by atoms with E-state index in [0.717, 1.165) is 12.0 Å². The third kappa shape index (κ3) is 3.03. The van der Waals surface area contributed by atoms with Gasteiger partial charge in [-0.2, -0.15) is 0 Å². The highest BCUT2D eigenvalue weighted by Crippen LogP contribution is 2.27. The molecule has 0 aromatic heterocycles. The van der Waals surface area contributed by atoms with Crippen molar-refractivity contribution in [3.8, 4) is 5.75 Å². The van der Waals surface area contributed by atoms with Gasteiger partial charge in [0.05, 0.1) is 19.8 Å². The highest BCUT2D eigenvalue weighted by Gasteiger charge is 2.22. The van der Waals surface area contributed by atoms with Crippen LogP contribution in [0.25, 0.3) is 10.8 Å². The van der Waals surface area contributed by atoms with E-state index in [-0.39, 0.29) is 11.9 Å². The molecule has 2 aromatic carbocycles. The van der Waals surface area contributed by atoms with E-state index in [0.29, 0.717) is 31.0 Å². The summed E-state index contributed by atoms with van der Waals surface area (Å²) in [5, 5.41) is 1.36. The maximum Gasteiger partial charge on any atom is 0.131 e. The van der Waals surface area contributed by atoms with Gasteiger partial charge in [0.15, 0.2) is 0 Å². The standard InChI is InChI=1S/C15H15FO3/c16-14-5-1-4-13-12(14)3-2-6-15(13)18-8-7-17-9-11-10-19-11/h1-6,11H,7-10H2. The Bertz CT molecular complexity index is 566. The number of epoxide rings is 1. The molecule has 0 aliphatic carbocycles. The van der Waals surface area contributed by atoms with Crippen LogP contribution in [0, 0.1) is 5.82 Å². The molecule has 1 aliphatic rings. The van der Waals surface area contributed by atoms with Crippen molar-refractivity contribution < 1.29 is 18.6 Å². The second-order valence-electron chi connectivity index (χ2n) is 4.47. The molecule has 1 saturated heterocycles. The van der Waals surface area contributed by atoms with Gasteiger partial charge in [-0.25, -0.2) is 4.39 Å². The predicted octanol–water partition coefficient (Wildman–Crippen LogP) is 2.77. The minimum atomic E-state index is -0.231. The Morgan fingerprint density at radius 1 is 1.11 bits per heavy atom. The van der Waals surface area contributed by atoms with Crippen LogP contribution in [-0.4, -0.2) is 32.5 Å². The molecule has 1 unspecified atom stereocenters. The summed E-state index contributed by atoms with van der Waals surface area (Å²) < 4.78 is 29.7. The van der Waals surface area contributed by atoms with Crippen molar-refractivity contribution in [2.75, 3.05) is 26.4 Å². The van der Waals surface area contributed by atoms with E-state index >= 15 is 0 Å². The summed E-state index contributed by atoms with van der Waals surface area (Å²) in [5.74, 6) is 0.452. The quantitative estimate of drug-likeness (QED) is 0.592. The SMILES string of the molecule is Fc1cccc2c(OCCOCC3CO3)cccc12. The molecule has 1 atom stereocenters. The third-order valence-corrected chi connectivity index (χ3v) is 3.02. The Labute approximate surface area is 110 Å². The fraction of sp³-hybridized carbons (Fsp3) is 0.333. The second kappa shape index (κ2) is 5.55. The smallest absolute Gasteiger partial charge is 0.131 e. The van der Waals surface area contributed by atoms with Crippen molar-refractivity contribution >= 4 is 10.8 Å². The maximum absolute atomic E-state index is 13.6. The molecule has 1 fully saturated rings. The van der Waals surface area contributed by atoms with E-state index in [2.05, 4.69) is 0 Å². The predicted molar refractivity (Wildman–Crippen MR) is 70.0 cm³/mol. The highest BCUT2D eigenvalue weighted by atomic mass is 19.1. The second-order valence-corrected chi connectivity index (χ2v) is 4.47. The first kappa shape index (κ1) is 12.4. The van der Waals surface area contributed by atoms with Crippen LogP contribution in [0.4, 0.5) is 4.39 Å². The van der Waals surface area contributed by atoms with Crippen LogP contribution in [0.15, 0.2) is 36.4 Å². The van der Waals surface area contributed by atoms with Crippen molar-refractivity contribution in [3.05, 3.63) is 42.2 Å². The summed E-state index contributed by atoms with van der Waals surface area (Å²) >= 11 is 0. The molecule has 0 bridgehead atoms. The summed E-state index contributed by atoms with van der Waals surface area (Å²) in [5.41, 5.74) is 0. The summed E-state index contributed by atoms with van der Waals surface area (Å²) in [6, 6.07) is 10.4. The maximum atomic E-state index is 13.6. The third-order valence-electron chi connectivity index (χ3n) is 3.02. The van der Waals surface area contributed by atoms with E-state index in [1.807, 2.05) is 12.1 Å². The normalized spacial score (nSPS) is 17.6. The Balaban J connectivity index is 1.61. The number of rotatable bonds is 6. The van der Waals surface area contributed by atoms with Crippen molar-refractivity contribution in [1.82, 2.24) is 0 Å². The van der Waals surface area contributed by atoms with Gasteiger partial charge >= 0.3 is 0 Å². The summed E-state index contributed by atoms with van der Waals surface area (Å²) in [6.07, 6.45) is 0.270. The molecule has 1 aliphatic heterocycles. The molecule has 100 valence electrons. The lowest BCUT2D eigenvalue weighted by Crippen LogP contribution is -2.10. The van der Waals surface area contributed by atoms with Gasteiger partial charge in [-0.1, -0.05) is 24.3 Å². The zero-order chi connectivity index (χ0) is 13.1. The van der Waals surface area contributed by atoms with Gasteiger partial charge in [-0.05, 0) is 12.1 Å². The van der Waals surface area contributed by atoms with E-state index in [1.165, 1.54) is 6.07 Å². The molecule has 3 rings (SSSR count). The van der Waals surface area contributed by atoms with Crippen LogP contribution >= 0.6 is 0 Å². The highest BCUT2D eigenvalue weighted by molar-refractivity contribution is 5.88. The van der Waals surface area contributed by atoms with Gasteiger partial charge in [-0.15, -0.1) is 0 Å². The average Bonchev–Trinajstić information content (AvgIpc) is 3.23. The van der Waals surface area contributed by atoms with Crippen LogP contribution in [0.2, 0.25) is 0 Å². The lowest BCUT2D eigenvalue weighted by atomic mass is 10.1. The fourth-order valence-corrected chi connectivity index (χ4v) is 1.96. The topological polar surface area (TPSA) is 31.0 Å². The molecule has 1 heterocycles. The number of hydrogen-bond donors (Lipinski definition) is 0. The Morgan fingerprint density at radius 2 is 1.89 bits per heavy atom. The number of halogens is 1. The Hall–Kier alpha value is -1.65. The zero-order valence-corrected chi connectivity index (χ0v) is 10.5. The summed E-state index contributed by atoms with van der Waals surface area (Å²) in [4.78, 5) is 0. The molecule has 4 heteroatoms. The Morgan fingerprint density at radius 3 is 2.74 bits per heavy atom. The molecule has 3 nitrogen and oxygen atoms in total. The van der Waals surface area contributed by atoms with Crippen molar-refractivity contribution in [1.29, 1.82) is 0 Å². The molecule has 0 saturated carbocycles. The molecule has 19 heavy (non-hydrogen) atoms. The van der Waals surface area contributed by atoms with Gasteiger partial charge in [-0.3, -0.25) is 0 Å². The Kier molecular flexibility index (Phi) is 3.62. The summed E-state index contributed by atoms with van der Waals surface area (Å²) in [6.45, 7) is 2.37. The first-order chi connectivity index (χ1) is 9.34. The van der Waals surface area contributed by atoms with Crippen molar-refractivity contribution in [2.45, 2.75) is 6.10 Å². The zero-order valence-electron chi connectivity index (χ0n) is 10.5. The van der Waals surface area contributed by atoms with Crippen LogP contribution in [-0.2, 0) is 9.47 Å². The number of benzene rings is 2. The molecular weight excluding hydrogens is 247 g/mol. The van der Waals surface area contributed by atoms with Gasteiger partial charge in [0.1, 0.15) is 24.3 Å². The molecule has 0 radical (unpaired) electrons. The monoisotopic (exact) mass is 262 g/mol. The van der Waals surface area contributed by atoms with Gasteiger partial charge in [0.25, 0.3) is 0 Å². The van der Waals surface area contributed by atoms with Crippen LogP contribution in [0.1, 0.15) is 0 Å². The van der Waals surface area contributed by atoms with Gasteiger partial charge < -0.3 is 14.2 Å². The molecule has 0 amide bonds. The fourth-order valence-electron chi connectivity index (χ4n) is 1.96. The van der Waals surface area contributed by atoms with E-state index < -0.39 is 0 Å². The average molecular weight is 262 g/mol. The van der Waals surface area contributed by atoms with Crippen LogP contribution < -0.4 is 4.74 Å². The van der Waals surface area contributed by atoms with E-state index in [4.69, 9.17) is 14.2 Å². The number of ether oxygens (including phenoxy) is 3.